The summed E-state index contributed by atoms with van der Waals surface area (Å²) in [6.07, 6.45) is 99.4. The van der Waals surface area contributed by atoms with Gasteiger partial charge in [-0.05, 0) is 173 Å². The van der Waals surface area contributed by atoms with Crippen LogP contribution in [0.2, 0.25) is 0 Å². The van der Waals surface area contributed by atoms with Crippen molar-refractivity contribution in [1.82, 2.24) is 0 Å². The van der Waals surface area contributed by atoms with Crippen LogP contribution in [0.3, 0.4) is 0 Å². The van der Waals surface area contributed by atoms with Crippen LogP contribution in [0.4, 0.5) is 0 Å². The minimum atomic E-state index is -5.02. The van der Waals surface area contributed by atoms with Gasteiger partial charge in [-0.3, -0.25) is 37.3 Å². The molecule has 19 heteroatoms. The molecule has 0 aliphatic rings. The van der Waals surface area contributed by atoms with Crippen LogP contribution in [0, 0.1) is 0 Å². The van der Waals surface area contributed by atoms with Gasteiger partial charge >= 0.3 is 39.5 Å². The zero-order chi connectivity index (χ0) is 78.9. The summed E-state index contributed by atoms with van der Waals surface area (Å²) in [7, 11) is -10.0. The van der Waals surface area contributed by atoms with E-state index in [1.165, 1.54) is 0 Å². The Morgan fingerprint density at radius 2 is 0.463 bits per heavy atom. The average molecular weight is 1540 g/mol. The fourth-order valence-electron chi connectivity index (χ4n) is 9.52. The van der Waals surface area contributed by atoms with Crippen molar-refractivity contribution in [2.75, 3.05) is 39.6 Å². The number of aliphatic hydroxyl groups is 1. The molecule has 0 spiro atoms. The Hall–Kier alpha value is -6.62. The zero-order valence-corrected chi connectivity index (χ0v) is 68.0. The van der Waals surface area contributed by atoms with E-state index in [2.05, 4.69) is 210 Å². The summed E-state index contributed by atoms with van der Waals surface area (Å²) >= 11 is 0. The fourth-order valence-corrected chi connectivity index (χ4v) is 11.1. The van der Waals surface area contributed by atoms with Gasteiger partial charge in [0.25, 0.3) is 0 Å². The van der Waals surface area contributed by atoms with Crippen LogP contribution < -0.4 is 0 Å². The lowest BCUT2D eigenvalue weighted by Gasteiger charge is -2.21. The number of unbranched alkanes of at least 4 members (excludes halogenated alkanes) is 10. The van der Waals surface area contributed by atoms with Gasteiger partial charge in [0, 0.05) is 25.7 Å². The molecule has 0 aromatic rings. The van der Waals surface area contributed by atoms with Gasteiger partial charge in [-0.1, -0.05) is 279 Å². The highest BCUT2D eigenvalue weighted by atomic mass is 31.2. The first-order valence-electron chi connectivity index (χ1n) is 40.0. The van der Waals surface area contributed by atoms with Gasteiger partial charge in [0.2, 0.25) is 0 Å². The van der Waals surface area contributed by atoms with Crippen LogP contribution >= 0.6 is 15.6 Å². The van der Waals surface area contributed by atoms with Crippen LogP contribution in [-0.4, -0.2) is 96.7 Å². The lowest BCUT2D eigenvalue weighted by molar-refractivity contribution is -0.161. The van der Waals surface area contributed by atoms with Gasteiger partial charge < -0.3 is 33.8 Å². The lowest BCUT2D eigenvalue weighted by atomic mass is 10.1. The molecule has 108 heavy (non-hydrogen) atoms. The summed E-state index contributed by atoms with van der Waals surface area (Å²) in [5, 5.41) is 10.7. The first kappa shape index (κ1) is 101. The molecule has 0 saturated heterocycles. The molecular weight excluding hydrogens is 1400 g/mol. The van der Waals surface area contributed by atoms with Crippen LogP contribution in [-0.2, 0) is 65.4 Å². The molecule has 3 N–H and O–H groups in total. The van der Waals surface area contributed by atoms with E-state index in [4.69, 9.17) is 37.0 Å². The van der Waals surface area contributed by atoms with Gasteiger partial charge in [-0.25, -0.2) is 9.13 Å². The van der Waals surface area contributed by atoms with Gasteiger partial charge in [-0.2, -0.15) is 0 Å². The number of hydrogen-bond donors (Lipinski definition) is 3. The van der Waals surface area contributed by atoms with E-state index < -0.39 is 97.5 Å². The average Bonchev–Trinajstić information content (AvgIpc) is 0.880. The van der Waals surface area contributed by atoms with Crippen LogP contribution in [0.1, 0.15) is 259 Å². The summed E-state index contributed by atoms with van der Waals surface area (Å²) in [4.78, 5) is 73.1. The second-order valence-electron chi connectivity index (χ2n) is 25.5. The van der Waals surface area contributed by atoms with Crippen molar-refractivity contribution >= 4 is 39.5 Å². The fraction of sp³-hybridized carbons (Fsp3) is 0.551. The van der Waals surface area contributed by atoms with Crippen molar-refractivity contribution in [3.8, 4) is 0 Å². The molecule has 0 aliphatic heterocycles. The molecule has 17 nitrogen and oxygen atoms in total. The molecule has 606 valence electrons. The molecule has 0 heterocycles. The third-order valence-electron chi connectivity index (χ3n) is 15.4. The van der Waals surface area contributed by atoms with Gasteiger partial charge in [0.1, 0.15) is 19.3 Å². The number of rotatable bonds is 72. The Morgan fingerprint density at radius 1 is 0.259 bits per heavy atom. The summed E-state index contributed by atoms with van der Waals surface area (Å²) < 4.78 is 68.5. The molecule has 0 saturated carbocycles. The monoisotopic (exact) mass is 1540 g/mol. The van der Waals surface area contributed by atoms with Crippen LogP contribution in [0.25, 0.3) is 0 Å². The Labute approximate surface area is 651 Å². The van der Waals surface area contributed by atoms with E-state index in [9.17, 15) is 43.2 Å². The Bertz CT molecular complexity index is 2910. The lowest BCUT2D eigenvalue weighted by Crippen LogP contribution is -2.30. The molecule has 0 fully saturated rings. The van der Waals surface area contributed by atoms with Crippen molar-refractivity contribution in [1.29, 1.82) is 0 Å². The number of hydrogen-bond acceptors (Lipinski definition) is 15. The third kappa shape index (κ3) is 77.5. The molecule has 5 atom stereocenters. The SMILES string of the molecule is CC/C=C\C/C=C\C/C=C\C/C=C\C/C=C\CCCC(=O)OCC(COP(=O)(O)OCC(O)COP(=O)(O)OCC(COC(=O)CCC/C=C\C/C=C\C/C=C\C/C=C\C/C=C\CC)OC(=O)CCCCCCCCC/C=C\C/C=C\C/C=C\CC)OC(=O)CCC/C=C\C/C=C\C/C=C\C/C=C\C/C=C\CC. The quantitative estimate of drug-likeness (QED) is 0.0169. The van der Waals surface area contributed by atoms with E-state index in [1.807, 2.05) is 36.5 Å². The Kier molecular flexibility index (Phi) is 73.7. The van der Waals surface area contributed by atoms with Crippen LogP contribution in [0.5, 0.6) is 0 Å². The van der Waals surface area contributed by atoms with Crippen molar-refractivity contribution < 1.29 is 80.2 Å². The molecular formula is C89H138O17P2. The largest absolute Gasteiger partial charge is 0.472 e. The predicted octanol–water partition coefficient (Wildman–Crippen LogP) is 23.7. The van der Waals surface area contributed by atoms with Crippen molar-refractivity contribution in [2.24, 2.45) is 0 Å². The van der Waals surface area contributed by atoms with E-state index >= 15 is 0 Å². The summed E-state index contributed by atoms with van der Waals surface area (Å²) in [6.45, 7) is 4.17. The molecule has 0 aromatic carbocycles. The minimum Gasteiger partial charge on any atom is -0.462 e. The number of allylic oxidation sites excluding steroid dienone is 36. The number of ether oxygens (including phenoxy) is 4. The Balaban J connectivity index is 5.57. The first-order chi connectivity index (χ1) is 52.7. The van der Waals surface area contributed by atoms with E-state index in [0.29, 0.717) is 44.9 Å². The summed E-state index contributed by atoms with van der Waals surface area (Å²) in [5.41, 5.74) is 0. The number of phosphoric acid groups is 2. The molecule has 0 amide bonds. The number of carbonyl (C=O) groups is 4. The Morgan fingerprint density at radius 3 is 0.731 bits per heavy atom. The smallest absolute Gasteiger partial charge is 0.462 e. The molecule has 5 unspecified atom stereocenters. The standard InChI is InChI=1S/C89H138O17P2/c1-5-9-13-17-21-25-29-33-37-41-45-49-53-57-61-65-69-73-86(91)99-79-84(105-88(93)75-71-67-63-59-55-51-47-43-39-35-31-27-23-19-15-11-7-3)81-103-107(95,96)101-77-83(90)78-102-108(97,98)104-82-85(106-89(94)76-72-68-64-60-56-52-48-44-40-36-32-28-24-20-16-12-8-4)80-100-87(92)74-70-66-62-58-54-50-46-42-38-34-30-26-22-18-14-10-6-2/h9-16,21-28,33-40,45-47,49-51,57-59,61-63,83-85,90H,5-8,17-20,29-32,41-44,48,52-56,60,64-82H2,1-4H3,(H,95,96)(H,97,98)/b13-9-,14-10-,15-11-,16-12-,25-21-,26-22-,27-23-,28-24-,37-33-,38-34-,39-35-,40-36-,49-45-,50-46-,51-47-,61-57-,62-58-,63-59-. The molecule has 0 aliphatic carbocycles. The zero-order valence-electron chi connectivity index (χ0n) is 66.2. The molecule has 0 radical (unpaired) electrons. The summed E-state index contributed by atoms with van der Waals surface area (Å²) in [6, 6.07) is 0. The van der Waals surface area contributed by atoms with Crippen molar-refractivity contribution in [3.63, 3.8) is 0 Å². The molecule has 0 bridgehead atoms. The highest BCUT2D eigenvalue weighted by molar-refractivity contribution is 7.47. The normalized spacial score (nSPS) is 15.0. The minimum absolute atomic E-state index is 0.00678. The van der Waals surface area contributed by atoms with Crippen molar-refractivity contribution in [2.45, 2.75) is 277 Å². The van der Waals surface area contributed by atoms with E-state index in [1.54, 1.807) is 0 Å². The molecule has 0 aromatic heterocycles. The molecule has 0 rings (SSSR count). The topological polar surface area (TPSA) is 237 Å². The number of carbonyl (C=O) groups excluding carboxylic acids is 4. The van der Waals surface area contributed by atoms with E-state index in [-0.39, 0.29) is 25.7 Å². The third-order valence-corrected chi connectivity index (χ3v) is 17.3. The first-order valence-corrected chi connectivity index (χ1v) is 43.0. The highest BCUT2D eigenvalue weighted by Gasteiger charge is 2.30. The van der Waals surface area contributed by atoms with Crippen molar-refractivity contribution in [3.05, 3.63) is 219 Å². The van der Waals surface area contributed by atoms with Gasteiger partial charge in [-0.15, -0.1) is 0 Å². The predicted molar refractivity (Wildman–Crippen MR) is 445 cm³/mol. The number of aliphatic hydroxyl groups excluding tert-OH is 1. The van der Waals surface area contributed by atoms with E-state index in [0.717, 1.165) is 161 Å². The second kappa shape index (κ2) is 78.5. The second-order valence-corrected chi connectivity index (χ2v) is 28.4. The maximum atomic E-state index is 13.1. The van der Waals surface area contributed by atoms with Gasteiger partial charge in [0.15, 0.2) is 12.2 Å². The number of phosphoric ester groups is 2. The van der Waals surface area contributed by atoms with Crippen LogP contribution in [0.15, 0.2) is 219 Å². The maximum Gasteiger partial charge on any atom is 0.472 e. The highest BCUT2D eigenvalue weighted by Crippen LogP contribution is 2.45. The van der Waals surface area contributed by atoms with Gasteiger partial charge in [0.05, 0.1) is 26.4 Å². The maximum absolute atomic E-state index is 13.1. The summed E-state index contributed by atoms with van der Waals surface area (Å²) in [5.74, 6) is -2.42. The number of esters is 4.